The number of rotatable bonds is 5. The second-order valence-electron chi connectivity index (χ2n) is 4.54. The first-order valence-corrected chi connectivity index (χ1v) is 7.42. The summed E-state index contributed by atoms with van der Waals surface area (Å²) in [7, 11) is 0. The number of hydrogen-bond donors (Lipinski definition) is 2. The molecule has 9 heteroatoms. The summed E-state index contributed by atoms with van der Waals surface area (Å²) >= 11 is 0.989. The normalized spacial score (nSPS) is 11.7. The molecule has 0 unspecified atom stereocenters. The van der Waals surface area contributed by atoms with Crippen LogP contribution in [0.3, 0.4) is 0 Å². The molecule has 0 amide bonds. The first-order valence-electron chi connectivity index (χ1n) is 6.43. The summed E-state index contributed by atoms with van der Waals surface area (Å²) in [5, 5.41) is 16.8. The Balaban J connectivity index is 2.19. The van der Waals surface area contributed by atoms with Crippen molar-refractivity contribution in [3.05, 3.63) is 41.4 Å². The maximum absolute atomic E-state index is 13.8. The van der Waals surface area contributed by atoms with Crippen molar-refractivity contribution >= 4 is 17.5 Å². The van der Waals surface area contributed by atoms with Crippen LogP contribution in [-0.4, -0.2) is 26.4 Å². The predicted octanol–water partition coefficient (Wildman–Crippen LogP) is 1.22. The molecule has 0 aliphatic heterocycles. The van der Waals surface area contributed by atoms with Crippen LogP contribution in [0.15, 0.2) is 40.7 Å². The van der Waals surface area contributed by atoms with E-state index in [0.29, 0.717) is 0 Å². The number of carbonyl (C=O) groups is 1. The highest BCUT2D eigenvalue weighted by Crippen LogP contribution is 2.24. The lowest BCUT2D eigenvalue weighted by atomic mass is 10.2. The Hall–Kier alpha value is -2.86. The second-order valence-corrected chi connectivity index (χ2v) is 5.48. The van der Waals surface area contributed by atoms with E-state index in [9.17, 15) is 9.18 Å². The van der Waals surface area contributed by atoms with E-state index in [-0.39, 0.29) is 33.6 Å². The van der Waals surface area contributed by atoms with Gasteiger partial charge in [-0.15, -0.1) is 10.2 Å². The van der Waals surface area contributed by atoms with E-state index in [2.05, 4.69) is 10.2 Å². The fraction of sp³-hybridized carbons (Fsp3) is 0.143. The van der Waals surface area contributed by atoms with Gasteiger partial charge in [0.25, 0.3) is 0 Å². The number of carbonyl (C=O) groups excluding carboxylic acids is 1. The van der Waals surface area contributed by atoms with Gasteiger partial charge in [0.2, 0.25) is 5.16 Å². The molecule has 2 rings (SSSR count). The van der Waals surface area contributed by atoms with Gasteiger partial charge in [0.15, 0.2) is 11.6 Å². The smallest absolute Gasteiger partial charge is 0.210 e. The van der Waals surface area contributed by atoms with Gasteiger partial charge in [0.1, 0.15) is 17.5 Å². The van der Waals surface area contributed by atoms with Gasteiger partial charge in [0.05, 0.1) is 11.3 Å². The number of halogens is 1. The van der Waals surface area contributed by atoms with Crippen molar-refractivity contribution in [2.45, 2.75) is 12.1 Å². The van der Waals surface area contributed by atoms with E-state index in [1.165, 1.54) is 19.1 Å². The third kappa shape index (κ3) is 3.49. The minimum Gasteiger partial charge on any atom is -0.401 e. The minimum absolute atomic E-state index is 0.0793. The number of benzene rings is 1. The lowest BCUT2D eigenvalue weighted by molar-refractivity contribution is -0.112. The second kappa shape index (κ2) is 6.93. The number of aromatic nitrogens is 3. The highest BCUT2D eigenvalue weighted by atomic mass is 32.2. The number of hydrogen-bond acceptors (Lipinski definition) is 7. The SMILES string of the molecule is C/C(N)=C(\C#N)C(=O)CSc1nnc(-c2ccccc2F)n1N. The van der Waals surface area contributed by atoms with Crippen LogP contribution < -0.4 is 11.6 Å². The third-order valence-corrected chi connectivity index (χ3v) is 3.84. The van der Waals surface area contributed by atoms with Crippen molar-refractivity contribution in [3.8, 4) is 17.5 Å². The van der Waals surface area contributed by atoms with Gasteiger partial charge >= 0.3 is 0 Å². The molecule has 0 atom stereocenters. The Kier molecular flexibility index (Phi) is 4.98. The molecule has 1 aromatic carbocycles. The lowest BCUT2D eigenvalue weighted by Crippen LogP contribution is -2.14. The van der Waals surface area contributed by atoms with Gasteiger partial charge in [-0.25, -0.2) is 9.07 Å². The molecule has 1 aromatic heterocycles. The quantitative estimate of drug-likeness (QED) is 0.365. The standard InChI is InChI=1S/C14H13FN6OS/c1-8(17)10(6-16)12(22)7-23-14-20-19-13(21(14)18)9-4-2-3-5-11(9)15/h2-5H,7,17-18H2,1H3/b10-8-. The monoisotopic (exact) mass is 332 g/mol. The molecule has 118 valence electrons. The van der Waals surface area contributed by atoms with Gasteiger partial charge < -0.3 is 11.6 Å². The van der Waals surface area contributed by atoms with Crippen LogP contribution in [0.25, 0.3) is 11.4 Å². The van der Waals surface area contributed by atoms with Crippen LogP contribution in [0.2, 0.25) is 0 Å². The van der Waals surface area contributed by atoms with Gasteiger partial charge in [0, 0.05) is 5.70 Å². The van der Waals surface area contributed by atoms with Crippen LogP contribution >= 0.6 is 11.8 Å². The van der Waals surface area contributed by atoms with Crippen molar-refractivity contribution in [2.75, 3.05) is 11.6 Å². The number of nitriles is 1. The molecule has 0 aliphatic rings. The fourth-order valence-electron chi connectivity index (χ4n) is 1.77. The Bertz CT molecular complexity index is 819. The van der Waals surface area contributed by atoms with Crippen LogP contribution in [0.1, 0.15) is 6.92 Å². The number of nitrogen functional groups attached to an aromatic ring is 1. The van der Waals surface area contributed by atoms with Crippen molar-refractivity contribution in [1.29, 1.82) is 5.26 Å². The summed E-state index contributed by atoms with van der Waals surface area (Å²) in [6.45, 7) is 1.48. The van der Waals surface area contributed by atoms with E-state index in [1.807, 2.05) is 0 Å². The number of allylic oxidation sites excluding steroid dienone is 2. The molecule has 0 radical (unpaired) electrons. The van der Waals surface area contributed by atoms with Crippen molar-refractivity contribution in [1.82, 2.24) is 14.9 Å². The van der Waals surface area contributed by atoms with E-state index < -0.39 is 11.6 Å². The molecule has 0 aliphatic carbocycles. The van der Waals surface area contributed by atoms with Gasteiger partial charge in [-0.3, -0.25) is 4.79 Å². The molecule has 2 aromatic rings. The third-order valence-electron chi connectivity index (χ3n) is 2.90. The number of nitrogens with two attached hydrogens (primary N) is 2. The zero-order valence-corrected chi connectivity index (χ0v) is 13.0. The van der Waals surface area contributed by atoms with E-state index in [1.54, 1.807) is 18.2 Å². The first kappa shape index (κ1) is 16.5. The summed E-state index contributed by atoms with van der Waals surface area (Å²) in [4.78, 5) is 11.9. The number of Topliss-reactive ketones (excluding diaryl/α,β-unsaturated/α-hetero) is 1. The molecule has 0 fully saturated rings. The molecule has 0 saturated carbocycles. The van der Waals surface area contributed by atoms with Crippen molar-refractivity contribution < 1.29 is 9.18 Å². The van der Waals surface area contributed by atoms with Crippen LogP contribution in [-0.2, 0) is 4.79 Å². The molecular formula is C14H13FN6OS. The molecule has 1 heterocycles. The number of thioether (sulfide) groups is 1. The summed E-state index contributed by atoms with van der Waals surface area (Å²) in [5.74, 6) is 5.00. The Morgan fingerprint density at radius 3 is 2.74 bits per heavy atom. The van der Waals surface area contributed by atoms with Crippen molar-refractivity contribution in [2.24, 2.45) is 5.73 Å². The zero-order valence-electron chi connectivity index (χ0n) is 12.2. The summed E-state index contributed by atoms with van der Waals surface area (Å²) in [6, 6.07) is 7.77. The number of ketones is 1. The van der Waals surface area contributed by atoms with Gasteiger partial charge in [-0.2, -0.15) is 5.26 Å². The molecule has 0 spiro atoms. The molecule has 0 bridgehead atoms. The Morgan fingerprint density at radius 1 is 1.43 bits per heavy atom. The molecular weight excluding hydrogens is 319 g/mol. The Labute approximate surface area is 135 Å². The summed E-state index contributed by atoms with van der Waals surface area (Å²) in [5.41, 5.74) is 5.73. The Morgan fingerprint density at radius 2 is 2.13 bits per heavy atom. The highest BCUT2D eigenvalue weighted by Gasteiger charge is 2.18. The largest absolute Gasteiger partial charge is 0.401 e. The van der Waals surface area contributed by atoms with E-state index >= 15 is 0 Å². The molecule has 4 N–H and O–H groups in total. The van der Waals surface area contributed by atoms with Crippen LogP contribution in [0, 0.1) is 17.1 Å². The predicted molar refractivity (Wildman–Crippen MR) is 83.8 cm³/mol. The average Bonchev–Trinajstić information content (AvgIpc) is 2.87. The first-order chi connectivity index (χ1) is 11.0. The maximum atomic E-state index is 13.8. The van der Waals surface area contributed by atoms with E-state index in [0.717, 1.165) is 16.4 Å². The van der Waals surface area contributed by atoms with E-state index in [4.69, 9.17) is 16.8 Å². The maximum Gasteiger partial charge on any atom is 0.210 e. The van der Waals surface area contributed by atoms with Gasteiger partial charge in [-0.05, 0) is 19.1 Å². The highest BCUT2D eigenvalue weighted by molar-refractivity contribution is 7.99. The summed E-state index contributed by atoms with van der Waals surface area (Å²) < 4.78 is 14.9. The molecule has 23 heavy (non-hydrogen) atoms. The topological polar surface area (TPSA) is 124 Å². The van der Waals surface area contributed by atoms with Crippen LogP contribution in [0.4, 0.5) is 4.39 Å². The van der Waals surface area contributed by atoms with Crippen molar-refractivity contribution in [3.63, 3.8) is 0 Å². The van der Waals surface area contributed by atoms with Crippen LogP contribution in [0.5, 0.6) is 0 Å². The van der Waals surface area contributed by atoms with Gasteiger partial charge in [-0.1, -0.05) is 23.9 Å². The zero-order chi connectivity index (χ0) is 17.0. The average molecular weight is 332 g/mol. The molecule has 7 nitrogen and oxygen atoms in total. The lowest BCUT2D eigenvalue weighted by Gasteiger charge is -2.04. The fourth-order valence-corrected chi connectivity index (χ4v) is 2.50. The number of nitrogens with zero attached hydrogens (tertiary/aromatic N) is 4. The molecule has 0 saturated heterocycles. The summed E-state index contributed by atoms with van der Waals surface area (Å²) in [6.07, 6.45) is 0. The minimum atomic E-state index is -0.479.